The summed E-state index contributed by atoms with van der Waals surface area (Å²) in [6.45, 7) is 4.54. The highest BCUT2D eigenvalue weighted by molar-refractivity contribution is 14.1. The first-order valence-electron chi connectivity index (χ1n) is 6.21. The van der Waals surface area contributed by atoms with Gasteiger partial charge in [-0.05, 0) is 65.1 Å². The van der Waals surface area contributed by atoms with Crippen LogP contribution in [0, 0.1) is 8.99 Å². The lowest BCUT2D eigenvalue weighted by Gasteiger charge is -2.33. The van der Waals surface area contributed by atoms with Crippen molar-refractivity contribution in [3.63, 3.8) is 0 Å². The molecule has 0 radical (unpaired) electrons. The second-order valence-corrected chi connectivity index (χ2v) is 6.36. The van der Waals surface area contributed by atoms with E-state index >= 15 is 0 Å². The van der Waals surface area contributed by atoms with Crippen LogP contribution in [0.5, 0.6) is 0 Å². The zero-order chi connectivity index (χ0) is 13.0. The van der Waals surface area contributed by atoms with Crippen molar-refractivity contribution in [1.82, 2.24) is 5.32 Å². The van der Waals surface area contributed by atoms with Gasteiger partial charge in [0.15, 0.2) is 0 Å². The van der Waals surface area contributed by atoms with Crippen LogP contribution in [0.3, 0.4) is 0 Å². The molecule has 0 unspecified atom stereocenters. The maximum absolute atomic E-state index is 12.0. The molecule has 1 saturated heterocycles. The summed E-state index contributed by atoms with van der Waals surface area (Å²) in [5.41, 5.74) is 0.906. The molecule has 2 rings (SSSR count). The number of halogens is 1. The van der Waals surface area contributed by atoms with Gasteiger partial charge in [-0.2, -0.15) is 0 Å². The zero-order valence-electron chi connectivity index (χ0n) is 10.5. The Morgan fingerprint density at radius 2 is 1.94 bits per heavy atom. The third-order valence-electron chi connectivity index (χ3n) is 3.48. The van der Waals surface area contributed by atoms with E-state index in [0.29, 0.717) is 0 Å². The van der Waals surface area contributed by atoms with Crippen LogP contribution in [0.4, 0.5) is 0 Å². The standard InChI is InChI=1S/C14H18INO2/c1-14(6-8-18-9-7-14)10-16-13(17)11-2-4-12(15)5-3-11/h2-5H,6-10H2,1H3,(H,16,17). The lowest BCUT2D eigenvalue weighted by atomic mass is 9.82. The first-order valence-corrected chi connectivity index (χ1v) is 7.28. The van der Waals surface area contributed by atoms with Gasteiger partial charge in [-0.25, -0.2) is 0 Å². The van der Waals surface area contributed by atoms with Gasteiger partial charge in [0.2, 0.25) is 0 Å². The number of carbonyl (C=O) groups excluding carboxylic acids is 1. The average Bonchev–Trinajstić information content (AvgIpc) is 2.38. The van der Waals surface area contributed by atoms with Crippen LogP contribution in [0.15, 0.2) is 24.3 Å². The summed E-state index contributed by atoms with van der Waals surface area (Å²) in [7, 11) is 0. The molecule has 1 fully saturated rings. The van der Waals surface area contributed by atoms with Gasteiger partial charge in [0.05, 0.1) is 0 Å². The molecule has 1 N–H and O–H groups in total. The summed E-state index contributed by atoms with van der Waals surface area (Å²) >= 11 is 2.23. The molecule has 1 aromatic rings. The number of hydrogen-bond donors (Lipinski definition) is 1. The first-order chi connectivity index (χ1) is 8.59. The van der Waals surface area contributed by atoms with Crippen molar-refractivity contribution in [3.8, 4) is 0 Å². The van der Waals surface area contributed by atoms with Gasteiger partial charge < -0.3 is 10.1 Å². The molecule has 1 aliphatic rings. The van der Waals surface area contributed by atoms with E-state index in [2.05, 4.69) is 34.8 Å². The van der Waals surface area contributed by atoms with E-state index < -0.39 is 0 Å². The molecule has 0 saturated carbocycles. The topological polar surface area (TPSA) is 38.3 Å². The fourth-order valence-electron chi connectivity index (χ4n) is 2.04. The van der Waals surface area contributed by atoms with Gasteiger partial charge in [-0.3, -0.25) is 4.79 Å². The number of rotatable bonds is 3. The molecule has 1 aliphatic heterocycles. The first kappa shape index (κ1) is 13.8. The molecule has 0 bridgehead atoms. The minimum absolute atomic E-state index is 0.0131. The van der Waals surface area contributed by atoms with E-state index in [1.54, 1.807) is 0 Å². The Morgan fingerprint density at radius 3 is 2.56 bits per heavy atom. The molecular formula is C14H18INO2. The van der Waals surface area contributed by atoms with Gasteiger partial charge >= 0.3 is 0 Å². The SMILES string of the molecule is CC1(CNC(=O)c2ccc(I)cc2)CCOCC1. The molecule has 0 aliphatic carbocycles. The van der Waals surface area contributed by atoms with Crippen LogP contribution in [0.1, 0.15) is 30.1 Å². The monoisotopic (exact) mass is 359 g/mol. The summed E-state index contributed by atoms with van der Waals surface area (Å²) in [5.74, 6) is 0.0131. The van der Waals surface area contributed by atoms with Crippen LogP contribution < -0.4 is 5.32 Å². The summed E-state index contributed by atoms with van der Waals surface area (Å²) in [4.78, 5) is 12.0. The molecule has 18 heavy (non-hydrogen) atoms. The van der Waals surface area contributed by atoms with Crippen molar-refractivity contribution in [1.29, 1.82) is 0 Å². The predicted molar refractivity (Wildman–Crippen MR) is 79.7 cm³/mol. The van der Waals surface area contributed by atoms with Crippen LogP contribution in [-0.2, 0) is 4.74 Å². The Labute approximate surface area is 121 Å². The minimum atomic E-state index is 0.0131. The summed E-state index contributed by atoms with van der Waals surface area (Å²) in [6.07, 6.45) is 2.03. The van der Waals surface area contributed by atoms with Gasteiger partial charge in [0.1, 0.15) is 0 Å². The smallest absolute Gasteiger partial charge is 0.251 e. The second-order valence-electron chi connectivity index (χ2n) is 5.11. The molecule has 1 aromatic carbocycles. The Balaban J connectivity index is 1.89. The highest BCUT2D eigenvalue weighted by atomic mass is 127. The number of carbonyl (C=O) groups is 1. The zero-order valence-corrected chi connectivity index (χ0v) is 12.7. The lowest BCUT2D eigenvalue weighted by molar-refractivity contribution is 0.0238. The van der Waals surface area contributed by atoms with Crippen molar-refractivity contribution >= 4 is 28.5 Å². The normalized spacial score (nSPS) is 18.3. The number of nitrogens with one attached hydrogen (secondary N) is 1. The summed E-state index contributed by atoms with van der Waals surface area (Å²) in [5, 5.41) is 3.03. The maximum atomic E-state index is 12.0. The third-order valence-corrected chi connectivity index (χ3v) is 4.20. The van der Waals surface area contributed by atoms with Gasteiger partial charge in [0, 0.05) is 28.9 Å². The molecule has 3 nitrogen and oxygen atoms in total. The summed E-state index contributed by atoms with van der Waals surface area (Å²) in [6, 6.07) is 7.63. The molecule has 98 valence electrons. The van der Waals surface area contributed by atoms with E-state index in [1.165, 1.54) is 0 Å². The van der Waals surface area contributed by atoms with Crippen LogP contribution in [0.2, 0.25) is 0 Å². The Hall–Kier alpha value is -0.620. The number of amides is 1. The number of benzene rings is 1. The van der Waals surface area contributed by atoms with Crippen molar-refractivity contribution < 1.29 is 9.53 Å². The average molecular weight is 359 g/mol. The van der Waals surface area contributed by atoms with Gasteiger partial charge in [0.25, 0.3) is 5.91 Å². The van der Waals surface area contributed by atoms with Crippen molar-refractivity contribution in [3.05, 3.63) is 33.4 Å². The van der Waals surface area contributed by atoms with Crippen molar-refractivity contribution in [2.75, 3.05) is 19.8 Å². The Kier molecular flexibility index (Phi) is 4.61. The van der Waals surface area contributed by atoms with Crippen LogP contribution in [0.25, 0.3) is 0 Å². The molecule has 1 heterocycles. The summed E-state index contributed by atoms with van der Waals surface area (Å²) < 4.78 is 6.50. The Bertz CT molecular complexity index is 410. The lowest BCUT2D eigenvalue weighted by Crippen LogP contribution is -2.39. The van der Waals surface area contributed by atoms with Crippen LogP contribution in [-0.4, -0.2) is 25.7 Å². The predicted octanol–water partition coefficient (Wildman–Crippen LogP) is 2.84. The fraction of sp³-hybridized carbons (Fsp3) is 0.500. The second kappa shape index (κ2) is 6.02. The van der Waals surface area contributed by atoms with E-state index in [4.69, 9.17) is 4.74 Å². The van der Waals surface area contributed by atoms with Gasteiger partial charge in [-0.1, -0.05) is 6.92 Å². The number of ether oxygens (including phenoxy) is 1. The maximum Gasteiger partial charge on any atom is 0.251 e. The molecule has 0 atom stereocenters. The van der Waals surface area contributed by atoms with Crippen molar-refractivity contribution in [2.24, 2.45) is 5.41 Å². The largest absolute Gasteiger partial charge is 0.381 e. The van der Waals surface area contributed by atoms with E-state index in [0.717, 1.165) is 41.7 Å². The van der Waals surface area contributed by atoms with E-state index in [9.17, 15) is 4.79 Å². The van der Waals surface area contributed by atoms with E-state index in [-0.39, 0.29) is 11.3 Å². The highest BCUT2D eigenvalue weighted by Gasteiger charge is 2.27. The van der Waals surface area contributed by atoms with Crippen molar-refractivity contribution in [2.45, 2.75) is 19.8 Å². The Morgan fingerprint density at radius 1 is 1.33 bits per heavy atom. The van der Waals surface area contributed by atoms with Gasteiger partial charge in [-0.15, -0.1) is 0 Å². The molecule has 4 heteroatoms. The third kappa shape index (κ3) is 3.68. The molecule has 0 spiro atoms. The quantitative estimate of drug-likeness (QED) is 0.843. The fourth-order valence-corrected chi connectivity index (χ4v) is 2.40. The molecular weight excluding hydrogens is 341 g/mol. The van der Waals surface area contributed by atoms with E-state index in [1.807, 2.05) is 24.3 Å². The molecule has 1 amide bonds. The molecule has 0 aromatic heterocycles. The number of hydrogen-bond acceptors (Lipinski definition) is 2. The highest BCUT2D eigenvalue weighted by Crippen LogP contribution is 2.28. The minimum Gasteiger partial charge on any atom is -0.381 e. The van der Waals surface area contributed by atoms with Crippen LogP contribution >= 0.6 is 22.6 Å².